The summed E-state index contributed by atoms with van der Waals surface area (Å²) in [5, 5.41) is 2.97. The molecule has 0 saturated carbocycles. The summed E-state index contributed by atoms with van der Waals surface area (Å²) in [7, 11) is 0. The van der Waals surface area contributed by atoms with E-state index in [1.54, 1.807) is 4.57 Å². The Morgan fingerprint density at radius 1 is 1.19 bits per heavy atom. The summed E-state index contributed by atoms with van der Waals surface area (Å²) in [5.41, 5.74) is 9.87. The van der Waals surface area contributed by atoms with Crippen molar-refractivity contribution in [3.05, 3.63) is 62.4 Å². The summed E-state index contributed by atoms with van der Waals surface area (Å²) in [4.78, 5) is 13.2. The largest absolute Gasteiger partial charge is 0.494 e. The average Bonchev–Trinajstić information content (AvgIpc) is 2.94. The monoisotopic (exact) mass is 399 g/mol. The molecule has 0 bridgehead atoms. The molecule has 27 heavy (non-hydrogen) atoms. The van der Waals surface area contributed by atoms with Gasteiger partial charge in [0.25, 0.3) is 5.91 Å². The molecule has 5 nitrogen and oxygen atoms in total. The van der Waals surface area contributed by atoms with Crippen LogP contribution in [0.3, 0.4) is 0 Å². The molecule has 7 heteroatoms. The van der Waals surface area contributed by atoms with E-state index in [-0.39, 0.29) is 5.91 Å². The number of hydrogen-bond donors (Lipinski definition) is 2. The number of carbonyl (C=O) groups is 1. The number of hydrogen-bond acceptors (Lipinski definition) is 5. The summed E-state index contributed by atoms with van der Waals surface area (Å²) in [5.74, 6) is 0.846. The Bertz CT molecular complexity index is 1020. The predicted octanol–water partition coefficient (Wildman–Crippen LogP) is 5.12. The number of amides is 1. The maximum absolute atomic E-state index is 12.8. The highest BCUT2D eigenvalue weighted by Crippen LogP contribution is 2.29. The highest BCUT2D eigenvalue weighted by molar-refractivity contribution is 7.73. The molecule has 1 aromatic heterocycles. The van der Waals surface area contributed by atoms with Crippen molar-refractivity contribution in [2.24, 2.45) is 0 Å². The van der Waals surface area contributed by atoms with Crippen LogP contribution in [0.1, 0.15) is 27.7 Å². The maximum Gasteiger partial charge on any atom is 0.269 e. The van der Waals surface area contributed by atoms with E-state index < -0.39 is 0 Å². The quantitative estimate of drug-likeness (QED) is 0.584. The lowest BCUT2D eigenvalue weighted by molar-refractivity contribution is 0.103. The van der Waals surface area contributed by atoms with Gasteiger partial charge in [0.2, 0.25) is 0 Å². The topological polar surface area (TPSA) is 69.3 Å². The molecule has 0 aliphatic heterocycles. The first-order valence-corrected chi connectivity index (χ1v) is 9.77. The molecular weight excluding hydrogens is 378 g/mol. The third-order valence-electron chi connectivity index (χ3n) is 4.18. The Morgan fingerprint density at radius 3 is 2.41 bits per heavy atom. The smallest absolute Gasteiger partial charge is 0.269 e. The van der Waals surface area contributed by atoms with E-state index in [1.165, 1.54) is 11.3 Å². The molecule has 0 atom stereocenters. The lowest BCUT2D eigenvalue weighted by atomic mass is 10.1. The average molecular weight is 400 g/mol. The van der Waals surface area contributed by atoms with Gasteiger partial charge in [-0.05, 0) is 68.4 Å². The fourth-order valence-corrected chi connectivity index (χ4v) is 4.10. The minimum Gasteiger partial charge on any atom is -0.494 e. The maximum atomic E-state index is 12.8. The number of aromatic nitrogens is 1. The Balaban J connectivity index is 1.93. The van der Waals surface area contributed by atoms with Gasteiger partial charge >= 0.3 is 0 Å². The van der Waals surface area contributed by atoms with Crippen LogP contribution in [0.2, 0.25) is 0 Å². The molecule has 3 rings (SSSR count). The Kier molecular flexibility index (Phi) is 5.62. The lowest BCUT2D eigenvalue weighted by Crippen LogP contribution is -2.15. The van der Waals surface area contributed by atoms with E-state index in [0.717, 1.165) is 28.3 Å². The van der Waals surface area contributed by atoms with Crippen LogP contribution in [0.4, 0.5) is 11.5 Å². The molecule has 0 saturated heterocycles. The van der Waals surface area contributed by atoms with Gasteiger partial charge in [0.05, 0.1) is 6.61 Å². The number of nitrogens with two attached hydrogens (primary N) is 1. The van der Waals surface area contributed by atoms with Gasteiger partial charge < -0.3 is 15.8 Å². The Morgan fingerprint density at radius 2 is 1.81 bits per heavy atom. The lowest BCUT2D eigenvalue weighted by Gasteiger charge is -2.11. The van der Waals surface area contributed by atoms with E-state index in [1.807, 2.05) is 63.2 Å². The number of benzene rings is 2. The van der Waals surface area contributed by atoms with Gasteiger partial charge in [-0.25, -0.2) is 0 Å². The Labute approximate surface area is 167 Å². The molecular formula is C20H21N3O2S2. The van der Waals surface area contributed by atoms with Crippen LogP contribution in [-0.2, 0) is 0 Å². The number of nitrogen functional groups attached to an aromatic ring is 1. The molecule has 3 aromatic rings. The van der Waals surface area contributed by atoms with E-state index in [9.17, 15) is 4.79 Å². The van der Waals surface area contributed by atoms with Crippen LogP contribution < -0.4 is 15.8 Å². The second-order valence-corrected chi connectivity index (χ2v) is 7.71. The van der Waals surface area contributed by atoms with Gasteiger partial charge in [-0.15, -0.1) is 0 Å². The Hall–Kier alpha value is -2.64. The number of carbonyl (C=O) groups excluding carboxylic acids is 1. The number of nitrogens with one attached hydrogen (secondary N) is 1. The van der Waals surface area contributed by atoms with Crippen molar-refractivity contribution in [3.63, 3.8) is 0 Å². The minimum atomic E-state index is -0.259. The molecule has 2 aromatic carbocycles. The first-order chi connectivity index (χ1) is 12.9. The van der Waals surface area contributed by atoms with Gasteiger partial charge in [-0.2, -0.15) is 0 Å². The van der Waals surface area contributed by atoms with Crippen molar-refractivity contribution in [2.75, 3.05) is 17.7 Å². The van der Waals surface area contributed by atoms with Gasteiger partial charge in [0.15, 0.2) is 3.95 Å². The first kappa shape index (κ1) is 19.1. The van der Waals surface area contributed by atoms with Crippen LogP contribution in [0.25, 0.3) is 5.69 Å². The van der Waals surface area contributed by atoms with Gasteiger partial charge in [-0.3, -0.25) is 9.36 Å². The standard InChI is InChI=1S/C20H21N3O2S2/c1-4-25-15-10-8-14(9-11-15)23-18(21)17(27-20(23)26)19(24)22-16-12(2)6-5-7-13(16)3/h5-11H,4,21H2,1-3H3,(H,22,24). The SMILES string of the molecule is CCOc1ccc(-n2c(N)c(C(=O)Nc3c(C)cccc3C)sc2=S)cc1. The van der Waals surface area contributed by atoms with Crippen molar-refractivity contribution >= 4 is 41.0 Å². The van der Waals surface area contributed by atoms with E-state index in [0.29, 0.717) is 21.3 Å². The zero-order chi connectivity index (χ0) is 19.6. The highest BCUT2D eigenvalue weighted by atomic mass is 32.1. The van der Waals surface area contributed by atoms with E-state index in [4.69, 9.17) is 22.7 Å². The van der Waals surface area contributed by atoms with Crippen LogP contribution in [0, 0.1) is 17.8 Å². The molecule has 0 aliphatic carbocycles. The molecule has 0 unspecified atom stereocenters. The van der Waals surface area contributed by atoms with Gasteiger partial charge in [-0.1, -0.05) is 29.5 Å². The van der Waals surface area contributed by atoms with Crippen molar-refractivity contribution in [1.29, 1.82) is 0 Å². The number of ether oxygens (including phenoxy) is 1. The molecule has 1 heterocycles. The number of thiazole rings is 1. The summed E-state index contributed by atoms with van der Waals surface area (Å²) in [6.07, 6.45) is 0. The zero-order valence-electron chi connectivity index (χ0n) is 15.4. The molecule has 0 fully saturated rings. The van der Waals surface area contributed by atoms with Crippen LogP contribution in [0.15, 0.2) is 42.5 Å². The van der Waals surface area contributed by atoms with Crippen molar-refractivity contribution in [3.8, 4) is 11.4 Å². The third kappa shape index (κ3) is 3.89. The van der Waals surface area contributed by atoms with E-state index >= 15 is 0 Å². The highest BCUT2D eigenvalue weighted by Gasteiger charge is 2.19. The molecule has 0 aliphatic rings. The van der Waals surface area contributed by atoms with Crippen molar-refractivity contribution in [2.45, 2.75) is 20.8 Å². The van der Waals surface area contributed by atoms with E-state index in [2.05, 4.69) is 5.32 Å². The normalized spacial score (nSPS) is 10.6. The van der Waals surface area contributed by atoms with Crippen molar-refractivity contribution in [1.82, 2.24) is 4.57 Å². The minimum absolute atomic E-state index is 0.259. The fourth-order valence-electron chi connectivity index (χ4n) is 2.83. The van der Waals surface area contributed by atoms with Crippen LogP contribution >= 0.6 is 23.6 Å². The van der Waals surface area contributed by atoms with Gasteiger partial charge in [0.1, 0.15) is 16.4 Å². The second-order valence-electron chi connectivity index (χ2n) is 6.07. The van der Waals surface area contributed by atoms with Crippen LogP contribution in [0.5, 0.6) is 5.75 Å². The number of nitrogens with zero attached hydrogens (tertiary/aromatic N) is 1. The number of aryl methyl sites for hydroxylation is 2. The predicted molar refractivity (Wildman–Crippen MR) is 114 cm³/mol. The third-order valence-corrected chi connectivity index (χ3v) is 5.57. The number of anilines is 2. The van der Waals surface area contributed by atoms with Crippen LogP contribution in [-0.4, -0.2) is 17.1 Å². The molecule has 0 spiro atoms. The molecule has 3 N–H and O–H groups in total. The molecule has 0 radical (unpaired) electrons. The molecule has 1 amide bonds. The summed E-state index contributed by atoms with van der Waals surface area (Å²) < 4.78 is 7.68. The first-order valence-electron chi connectivity index (χ1n) is 8.54. The summed E-state index contributed by atoms with van der Waals surface area (Å²) in [6.45, 7) is 6.45. The molecule has 140 valence electrons. The second kappa shape index (κ2) is 7.94. The summed E-state index contributed by atoms with van der Waals surface area (Å²) >= 11 is 6.65. The fraction of sp³-hybridized carbons (Fsp3) is 0.200. The van der Waals surface area contributed by atoms with Crippen molar-refractivity contribution < 1.29 is 9.53 Å². The summed E-state index contributed by atoms with van der Waals surface area (Å²) in [6, 6.07) is 13.3. The van der Waals surface area contributed by atoms with Gasteiger partial charge in [0, 0.05) is 11.4 Å². The number of rotatable bonds is 5. The number of para-hydroxylation sites is 1. The zero-order valence-corrected chi connectivity index (χ0v) is 17.0.